The second kappa shape index (κ2) is 24.0. The Labute approximate surface area is 210 Å². The van der Waals surface area contributed by atoms with Gasteiger partial charge in [0.15, 0.2) is 0 Å². The van der Waals surface area contributed by atoms with Crippen LogP contribution in [0.2, 0.25) is 0 Å². The van der Waals surface area contributed by atoms with Crippen molar-refractivity contribution in [2.45, 2.75) is 71.6 Å². The number of carbonyl (C=O) groups is 4. The van der Waals surface area contributed by atoms with E-state index in [2.05, 4.69) is 26.3 Å². The highest BCUT2D eigenvalue weighted by Crippen LogP contribution is 2.07. The van der Waals surface area contributed by atoms with Crippen LogP contribution < -0.4 is 0 Å². The summed E-state index contributed by atoms with van der Waals surface area (Å²) < 4.78 is 19.5. The lowest BCUT2D eigenvalue weighted by atomic mass is 10.1. The first-order valence-corrected chi connectivity index (χ1v) is 11.9. The molecule has 0 fully saturated rings. The van der Waals surface area contributed by atoms with Gasteiger partial charge in [0.2, 0.25) is 0 Å². The molecule has 8 nitrogen and oxygen atoms in total. The molecule has 0 atom stereocenters. The van der Waals surface area contributed by atoms with Crippen LogP contribution in [-0.2, 0) is 38.1 Å². The fourth-order valence-corrected chi connectivity index (χ4v) is 2.33. The fraction of sp³-hybridized carbons (Fsp3) is 0.556. The first-order chi connectivity index (χ1) is 16.6. The minimum atomic E-state index is -0.390. The molecule has 0 aliphatic rings. The molecule has 0 saturated carbocycles. The summed E-state index contributed by atoms with van der Waals surface area (Å²) in [4.78, 5) is 43.4. The Balaban J connectivity index is 0. The Hall–Kier alpha value is -3.16. The molecule has 8 heteroatoms. The standard InChI is InChI=1S/C15H24O4.C12H18O4/c1-3-14(16)18-12-10-8-6-5-7-9-11-13-19-15(17)4-2;1-9(2)11(13)15-7-5-6-8-16-12(14)10(3)4/h3-4H,1-2,5-13H2;1,3,5-8H2,2,4H3. The maximum absolute atomic E-state index is 11.0. The molecule has 0 spiro atoms. The van der Waals surface area contributed by atoms with E-state index >= 15 is 0 Å². The zero-order valence-electron chi connectivity index (χ0n) is 21.4. The minimum absolute atomic E-state index is 0.316. The van der Waals surface area contributed by atoms with Gasteiger partial charge < -0.3 is 18.9 Å². The van der Waals surface area contributed by atoms with Crippen LogP contribution in [0.5, 0.6) is 0 Å². The molecule has 0 unspecified atom stereocenters. The number of rotatable bonds is 19. The molecule has 0 rings (SSSR count). The van der Waals surface area contributed by atoms with Gasteiger partial charge in [-0.05, 0) is 39.5 Å². The van der Waals surface area contributed by atoms with Gasteiger partial charge in [-0.15, -0.1) is 0 Å². The van der Waals surface area contributed by atoms with Crippen molar-refractivity contribution < 1.29 is 38.1 Å². The second-order valence-corrected chi connectivity index (χ2v) is 7.76. The van der Waals surface area contributed by atoms with E-state index in [0.717, 1.165) is 44.9 Å². The molecular formula is C27H42O8. The van der Waals surface area contributed by atoms with Crippen molar-refractivity contribution in [1.82, 2.24) is 0 Å². The zero-order chi connectivity index (χ0) is 26.9. The smallest absolute Gasteiger partial charge is 0.333 e. The summed E-state index contributed by atoms with van der Waals surface area (Å²) in [5, 5.41) is 0. The molecule has 0 aliphatic heterocycles. The van der Waals surface area contributed by atoms with E-state index in [1.807, 2.05) is 0 Å². The van der Waals surface area contributed by atoms with E-state index in [0.29, 0.717) is 50.4 Å². The number of hydrogen-bond acceptors (Lipinski definition) is 8. The van der Waals surface area contributed by atoms with Crippen molar-refractivity contribution in [2.24, 2.45) is 0 Å². The van der Waals surface area contributed by atoms with Gasteiger partial charge in [0.1, 0.15) is 0 Å². The van der Waals surface area contributed by atoms with Crippen LogP contribution in [-0.4, -0.2) is 50.3 Å². The summed E-state index contributed by atoms with van der Waals surface area (Å²) in [5.74, 6) is -1.49. The maximum atomic E-state index is 11.0. The van der Waals surface area contributed by atoms with Gasteiger partial charge in [0, 0.05) is 23.3 Å². The van der Waals surface area contributed by atoms with Gasteiger partial charge in [0.05, 0.1) is 26.4 Å². The normalized spacial score (nSPS) is 9.54. The third kappa shape index (κ3) is 25.3. The quantitative estimate of drug-likeness (QED) is 0.105. The van der Waals surface area contributed by atoms with Gasteiger partial charge in [0.25, 0.3) is 0 Å². The third-order valence-corrected chi connectivity index (χ3v) is 4.31. The average molecular weight is 495 g/mol. The van der Waals surface area contributed by atoms with E-state index in [1.165, 1.54) is 12.2 Å². The number of unbranched alkanes of at least 4 members (excludes halogenated alkanes) is 7. The molecule has 0 aliphatic carbocycles. The topological polar surface area (TPSA) is 105 Å². The predicted molar refractivity (Wildman–Crippen MR) is 135 cm³/mol. The third-order valence-electron chi connectivity index (χ3n) is 4.31. The minimum Gasteiger partial charge on any atom is -0.463 e. The summed E-state index contributed by atoms with van der Waals surface area (Å²) in [6.07, 6.45) is 11.0. The van der Waals surface area contributed by atoms with Crippen molar-refractivity contribution in [2.75, 3.05) is 26.4 Å². The Morgan fingerprint density at radius 1 is 0.514 bits per heavy atom. The fourth-order valence-electron chi connectivity index (χ4n) is 2.33. The van der Waals surface area contributed by atoms with Crippen LogP contribution >= 0.6 is 0 Å². The maximum Gasteiger partial charge on any atom is 0.333 e. The van der Waals surface area contributed by atoms with E-state index < -0.39 is 0 Å². The first-order valence-electron chi connectivity index (χ1n) is 11.9. The molecule has 0 radical (unpaired) electrons. The Morgan fingerprint density at radius 3 is 1.06 bits per heavy atom. The van der Waals surface area contributed by atoms with Gasteiger partial charge in [-0.3, -0.25) is 0 Å². The number of carbonyl (C=O) groups excluding carboxylic acids is 4. The highest BCUT2D eigenvalue weighted by molar-refractivity contribution is 5.87. The molecule has 0 aromatic rings. The predicted octanol–water partition coefficient (Wildman–Crippen LogP) is 5.18. The van der Waals surface area contributed by atoms with Crippen LogP contribution in [0.15, 0.2) is 49.6 Å². The largest absolute Gasteiger partial charge is 0.463 e. The summed E-state index contributed by atoms with van der Waals surface area (Å²) >= 11 is 0. The summed E-state index contributed by atoms with van der Waals surface area (Å²) in [6.45, 7) is 18.3. The number of ether oxygens (including phenoxy) is 4. The molecule has 0 bridgehead atoms. The van der Waals surface area contributed by atoms with Gasteiger partial charge in [-0.25, -0.2) is 19.2 Å². The lowest BCUT2D eigenvalue weighted by molar-refractivity contribution is -0.141. The average Bonchev–Trinajstić information content (AvgIpc) is 2.83. The van der Waals surface area contributed by atoms with E-state index in [9.17, 15) is 19.2 Å². The summed E-state index contributed by atoms with van der Waals surface area (Å²) in [5.41, 5.74) is 0.766. The second-order valence-electron chi connectivity index (χ2n) is 7.76. The van der Waals surface area contributed by atoms with Gasteiger partial charge >= 0.3 is 23.9 Å². The summed E-state index contributed by atoms with van der Waals surface area (Å²) in [6, 6.07) is 0. The number of hydrogen-bond donors (Lipinski definition) is 0. The molecule has 0 heterocycles. The van der Waals surface area contributed by atoms with Crippen LogP contribution in [0.3, 0.4) is 0 Å². The highest BCUT2D eigenvalue weighted by Gasteiger charge is 2.04. The van der Waals surface area contributed by atoms with Gasteiger partial charge in [-0.2, -0.15) is 0 Å². The molecule has 0 aromatic carbocycles. The van der Waals surface area contributed by atoms with Crippen LogP contribution in [0.1, 0.15) is 71.6 Å². The lowest BCUT2D eigenvalue weighted by Crippen LogP contribution is -2.09. The molecule has 0 aromatic heterocycles. The van der Waals surface area contributed by atoms with Crippen LogP contribution in [0.4, 0.5) is 0 Å². The van der Waals surface area contributed by atoms with Gasteiger partial charge in [-0.1, -0.05) is 58.4 Å². The monoisotopic (exact) mass is 494 g/mol. The molecule has 35 heavy (non-hydrogen) atoms. The zero-order valence-corrected chi connectivity index (χ0v) is 21.4. The molecule has 0 saturated heterocycles. The Morgan fingerprint density at radius 2 is 0.771 bits per heavy atom. The molecule has 0 amide bonds. The summed E-state index contributed by atoms with van der Waals surface area (Å²) in [7, 11) is 0. The van der Waals surface area contributed by atoms with Crippen LogP contribution in [0, 0.1) is 0 Å². The van der Waals surface area contributed by atoms with E-state index in [-0.39, 0.29) is 23.9 Å². The Bertz CT molecular complexity index is 635. The molecule has 198 valence electrons. The van der Waals surface area contributed by atoms with Crippen molar-refractivity contribution in [3.63, 3.8) is 0 Å². The molecular weight excluding hydrogens is 452 g/mol. The van der Waals surface area contributed by atoms with Crippen LogP contribution in [0.25, 0.3) is 0 Å². The van der Waals surface area contributed by atoms with E-state index in [4.69, 9.17) is 18.9 Å². The molecule has 0 N–H and O–H groups in total. The Kier molecular flexibility index (Phi) is 23.3. The first kappa shape index (κ1) is 34.0. The lowest BCUT2D eigenvalue weighted by Gasteiger charge is -2.05. The van der Waals surface area contributed by atoms with Crippen molar-refractivity contribution >= 4 is 23.9 Å². The number of esters is 4. The highest BCUT2D eigenvalue weighted by atomic mass is 16.5. The SMILES string of the molecule is C=C(C)C(=O)OCCCCOC(=O)C(=C)C.C=CC(=O)OCCCCCCCCCOC(=O)C=C. The van der Waals surface area contributed by atoms with Crippen molar-refractivity contribution in [1.29, 1.82) is 0 Å². The van der Waals surface area contributed by atoms with Crippen molar-refractivity contribution in [3.8, 4) is 0 Å². The van der Waals surface area contributed by atoms with E-state index in [1.54, 1.807) is 13.8 Å². The van der Waals surface area contributed by atoms with Crippen molar-refractivity contribution in [3.05, 3.63) is 49.6 Å².